The maximum Gasteiger partial charge on any atom is 0.177 e. The molecule has 1 heterocycles. The Morgan fingerprint density at radius 1 is 1.23 bits per heavy atom. The van der Waals surface area contributed by atoms with Gasteiger partial charge in [0.1, 0.15) is 6.07 Å². The van der Waals surface area contributed by atoms with Crippen LogP contribution in [0.1, 0.15) is 25.7 Å². The van der Waals surface area contributed by atoms with Crippen molar-refractivity contribution in [3.63, 3.8) is 0 Å². The van der Waals surface area contributed by atoms with Gasteiger partial charge in [-0.3, -0.25) is 9.98 Å². The highest BCUT2D eigenvalue weighted by molar-refractivity contribution is 6.47. The third-order valence-corrected chi connectivity index (χ3v) is 2.64. The summed E-state index contributed by atoms with van der Waals surface area (Å²) < 4.78 is 0. The van der Waals surface area contributed by atoms with E-state index in [1.807, 2.05) is 6.07 Å². The van der Waals surface area contributed by atoms with Gasteiger partial charge in [0, 0.05) is 0 Å². The molecule has 0 saturated heterocycles. The number of aliphatic imine (C=N–C) groups is 2. The van der Waals surface area contributed by atoms with Crippen molar-refractivity contribution in [2.45, 2.75) is 37.8 Å². The fourth-order valence-corrected chi connectivity index (χ4v) is 1.95. The summed E-state index contributed by atoms with van der Waals surface area (Å²) in [7, 11) is 0. The summed E-state index contributed by atoms with van der Waals surface area (Å²) in [6.07, 6.45) is 4.51. The van der Waals surface area contributed by atoms with E-state index < -0.39 is 0 Å². The lowest BCUT2D eigenvalue weighted by Crippen LogP contribution is -2.38. The highest BCUT2D eigenvalue weighted by Crippen LogP contribution is 2.25. The molecule has 1 saturated carbocycles. The molecular formula is C9H12N4. The van der Waals surface area contributed by atoms with Crippen LogP contribution in [0.15, 0.2) is 9.98 Å². The summed E-state index contributed by atoms with van der Waals surface area (Å²) in [5, 5.41) is 8.71. The van der Waals surface area contributed by atoms with Gasteiger partial charge in [-0.2, -0.15) is 5.26 Å². The molecule has 0 radical (unpaired) electrons. The summed E-state index contributed by atoms with van der Waals surface area (Å²) >= 11 is 0. The number of amidine groups is 1. The summed E-state index contributed by atoms with van der Waals surface area (Å²) in [4.78, 5) is 8.60. The normalized spacial score (nSPS) is 32.5. The number of nitriles is 1. The zero-order valence-electron chi connectivity index (χ0n) is 7.40. The number of hydrogen-bond acceptors (Lipinski definition) is 4. The molecule has 4 heteroatoms. The lowest BCUT2D eigenvalue weighted by Gasteiger charge is -2.28. The van der Waals surface area contributed by atoms with Crippen LogP contribution in [0.5, 0.6) is 0 Å². The molecule has 0 bridgehead atoms. The minimum Gasteiger partial charge on any atom is -0.382 e. The van der Waals surface area contributed by atoms with E-state index in [1.54, 1.807) is 0 Å². The molecule has 13 heavy (non-hydrogen) atoms. The molecule has 1 aliphatic carbocycles. The van der Waals surface area contributed by atoms with Crippen LogP contribution in [0, 0.1) is 11.3 Å². The third-order valence-electron chi connectivity index (χ3n) is 2.64. The highest BCUT2D eigenvalue weighted by Gasteiger charge is 2.28. The second-order valence-electron chi connectivity index (χ2n) is 3.52. The average Bonchev–Trinajstić information content (AvgIpc) is 2.17. The lowest BCUT2D eigenvalue weighted by atomic mass is 9.90. The Hall–Kier alpha value is -1.37. The predicted molar refractivity (Wildman–Crippen MR) is 50.7 cm³/mol. The molecule has 2 atom stereocenters. The van der Waals surface area contributed by atoms with E-state index in [2.05, 4.69) is 9.98 Å². The van der Waals surface area contributed by atoms with E-state index in [-0.39, 0.29) is 12.1 Å². The fourth-order valence-electron chi connectivity index (χ4n) is 1.95. The molecule has 1 fully saturated rings. The van der Waals surface area contributed by atoms with Crippen molar-refractivity contribution in [3.8, 4) is 6.07 Å². The van der Waals surface area contributed by atoms with Crippen molar-refractivity contribution >= 4 is 11.5 Å². The first kappa shape index (κ1) is 8.24. The van der Waals surface area contributed by atoms with Crippen molar-refractivity contribution in [1.82, 2.24) is 0 Å². The number of nitrogens with two attached hydrogens (primary N) is 1. The van der Waals surface area contributed by atoms with E-state index in [9.17, 15) is 0 Å². The van der Waals surface area contributed by atoms with Crippen LogP contribution >= 0.6 is 0 Å². The van der Waals surface area contributed by atoms with Crippen molar-refractivity contribution in [3.05, 3.63) is 0 Å². The number of fused-ring (bicyclic) bond motifs is 1. The SMILES string of the molecule is N#CC1=NC2CCCCC2N=C1N. The zero-order valence-corrected chi connectivity index (χ0v) is 7.40. The number of rotatable bonds is 0. The molecule has 68 valence electrons. The van der Waals surface area contributed by atoms with Gasteiger partial charge >= 0.3 is 0 Å². The molecule has 1 aliphatic heterocycles. The Labute approximate surface area is 77.2 Å². The van der Waals surface area contributed by atoms with Gasteiger partial charge in [0.05, 0.1) is 12.1 Å². The first-order chi connectivity index (χ1) is 6.31. The molecule has 0 amide bonds. The summed E-state index contributed by atoms with van der Waals surface area (Å²) in [6, 6.07) is 2.44. The maximum absolute atomic E-state index is 8.71. The molecule has 2 rings (SSSR count). The number of hydrogen-bond donors (Lipinski definition) is 1. The average molecular weight is 176 g/mol. The van der Waals surface area contributed by atoms with E-state index in [1.165, 1.54) is 12.8 Å². The smallest absolute Gasteiger partial charge is 0.177 e. The van der Waals surface area contributed by atoms with Gasteiger partial charge in [-0.1, -0.05) is 12.8 Å². The summed E-state index contributed by atoms with van der Waals surface area (Å²) in [6.45, 7) is 0. The van der Waals surface area contributed by atoms with E-state index >= 15 is 0 Å². The number of nitrogens with zero attached hydrogens (tertiary/aromatic N) is 3. The maximum atomic E-state index is 8.71. The largest absolute Gasteiger partial charge is 0.382 e. The molecular weight excluding hydrogens is 164 g/mol. The van der Waals surface area contributed by atoms with Crippen LogP contribution in [0.2, 0.25) is 0 Å². The van der Waals surface area contributed by atoms with Crippen molar-refractivity contribution < 1.29 is 0 Å². The second-order valence-corrected chi connectivity index (χ2v) is 3.52. The van der Waals surface area contributed by atoms with Crippen molar-refractivity contribution in [1.29, 1.82) is 5.26 Å². The van der Waals surface area contributed by atoms with Gasteiger partial charge in [-0.25, -0.2) is 0 Å². The predicted octanol–water partition coefficient (Wildman–Crippen LogP) is 0.633. The molecule has 2 N–H and O–H groups in total. The first-order valence-electron chi connectivity index (χ1n) is 4.63. The monoisotopic (exact) mass is 176 g/mol. The van der Waals surface area contributed by atoms with Crippen LogP contribution in [0.25, 0.3) is 0 Å². The van der Waals surface area contributed by atoms with Crippen LogP contribution in [-0.4, -0.2) is 23.6 Å². The van der Waals surface area contributed by atoms with Crippen LogP contribution in [-0.2, 0) is 0 Å². The summed E-state index contributed by atoms with van der Waals surface area (Å²) in [5.74, 6) is 0.325. The van der Waals surface area contributed by atoms with E-state index in [0.717, 1.165) is 12.8 Å². The first-order valence-corrected chi connectivity index (χ1v) is 4.63. The van der Waals surface area contributed by atoms with Crippen LogP contribution < -0.4 is 5.73 Å². The Bertz CT molecular complexity index is 310. The van der Waals surface area contributed by atoms with Gasteiger partial charge in [0.15, 0.2) is 11.5 Å². The van der Waals surface area contributed by atoms with Crippen molar-refractivity contribution in [2.75, 3.05) is 0 Å². The molecule has 0 aromatic rings. The van der Waals surface area contributed by atoms with E-state index in [0.29, 0.717) is 11.5 Å². The minimum atomic E-state index is 0.218. The fraction of sp³-hybridized carbons (Fsp3) is 0.667. The Morgan fingerprint density at radius 2 is 1.85 bits per heavy atom. The Balaban J connectivity index is 2.24. The standard InChI is InChI=1S/C9H12N4/c10-5-8-9(11)13-7-4-2-1-3-6(7)12-8/h6-7H,1-4H2,(H2,11,13). The molecule has 2 aliphatic rings. The van der Waals surface area contributed by atoms with Crippen molar-refractivity contribution in [2.24, 2.45) is 15.7 Å². The zero-order chi connectivity index (χ0) is 9.26. The summed E-state index contributed by atoms with van der Waals surface area (Å²) in [5.41, 5.74) is 5.92. The molecule has 0 aromatic heterocycles. The van der Waals surface area contributed by atoms with Gasteiger partial charge in [0.2, 0.25) is 0 Å². The second kappa shape index (κ2) is 3.17. The molecule has 0 aromatic carbocycles. The Kier molecular flexibility index (Phi) is 2.01. The Morgan fingerprint density at radius 3 is 2.46 bits per heavy atom. The quantitative estimate of drug-likeness (QED) is 0.588. The minimum absolute atomic E-state index is 0.218. The molecule has 0 spiro atoms. The van der Waals surface area contributed by atoms with Crippen LogP contribution in [0.4, 0.5) is 0 Å². The highest BCUT2D eigenvalue weighted by atomic mass is 15.0. The molecule has 2 unspecified atom stereocenters. The molecule has 4 nitrogen and oxygen atoms in total. The third kappa shape index (κ3) is 1.42. The lowest BCUT2D eigenvalue weighted by molar-refractivity contribution is 0.386. The van der Waals surface area contributed by atoms with Crippen LogP contribution in [0.3, 0.4) is 0 Å². The van der Waals surface area contributed by atoms with Gasteiger partial charge in [-0.15, -0.1) is 0 Å². The van der Waals surface area contributed by atoms with E-state index in [4.69, 9.17) is 11.0 Å². The van der Waals surface area contributed by atoms with Gasteiger partial charge in [-0.05, 0) is 12.8 Å². The van der Waals surface area contributed by atoms with Gasteiger partial charge in [0.25, 0.3) is 0 Å². The van der Waals surface area contributed by atoms with Gasteiger partial charge < -0.3 is 5.73 Å². The topological polar surface area (TPSA) is 74.5 Å².